The first-order valence-corrected chi connectivity index (χ1v) is 10.7. The number of nitrogens with zero attached hydrogens (tertiary/aromatic N) is 3. The molecule has 0 radical (unpaired) electrons. The van der Waals surface area contributed by atoms with Gasteiger partial charge in [-0.3, -0.25) is 9.59 Å². The summed E-state index contributed by atoms with van der Waals surface area (Å²) < 4.78 is 0. The summed E-state index contributed by atoms with van der Waals surface area (Å²) in [6, 6.07) is 7.39. The minimum atomic E-state index is -0.597. The van der Waals surface area contributed by atoms with Crippen LogP contribution < -0.4 is 5.32 Å². The van der Waals surface area contributed by atoms with E-state index in [1.165, 1.54) is 24.3 Å². The number of aromatic nitrogens is 2. The Morgan fingerprint density at radius 1 is 1.17 bits per heavy atom. The smallest absolute Gasteiger partial charge is 0.255 e. The number of benzene rings is 1. The minimum Gasteiger partial charge on any atom is -0.340 e. The van der Waals surface area contributed by atoms with Gasteiger partial charge in [0.1, 0.15) is 12.4 Å². The van der Waals surface area contributed by atoms with E-state index in [0.717, 1.165) is 11.4 Å². The molecule has 0 aliphatic carbocycles. The number of carbonyl (C=O) groups is 2. The standard InChI is InChI=1S/C23H29ClN4O2/c1-15(2)20(27-21(29)17-11-25-14-26-12-17)22(30)28-10-9-19(23(3,4)13-28)16-5-7-18(24)8-6-16/h5-8,11-12,14-15,19-20H,9-10,13H2,1-4H3,(H,27,29)/t19-,20-/m1/s1. The molecule has 7 heteroatoms. The van der Waals surface area contributed by atoms with Gasteiger partial charge in [0.2, 0.25) is 5.91 Å². The monoisotopic (exact) mass is 428 g/mol. The topological polar surface area (TPSA) is 75.2 Å². The van der Waals surface area contributed by atoms with Crippen molar-refractivity contribution < 1.29 is 9.59 Å². The molecule has 0 bridgehead atoms. The second-order valence-corrected chi connectivity index (χ2v) is 9.40. The Kier molecular flexibility index (Phi) is 6.76. The summed E-state index contributed by atoms with van der Waals surface area (Å²) in [5.74, 6) is -0.0775. The number of carbonyl (C=O) groups excluding carboxylic acids is 2. The first kappa shape index (κ1) is 22.2. The third-order valence-electron chi connectivity index (χ3n) is 5.86. The summed E-state index contributed by atoms with van der Waals surface area (Å²) in [6.45, 7) is 9.55. The van der Waals surface area contributed by atoms with Crippen molar-refractivity contribution in [3.8, 4) is 0 Å². The van der Waals surface area contributed by atoms with Crippen LogP contribution in [0.1, 0.15) is 56.0 Å². The highest BCUT2D eigenvalue weighted by Gasteiger charge is 2.40. The zero-order chi connectivity index (χ0) is 21.9. The summed E-state index contributed by atoms with van der Waals surface area (Å²) in [5, 5.41) is 3.61. The number of amides is 2. The van der Waals surface area contributed by atoms with Crippen LogP contribution in [0.2, 0.25) is 5.02 Å². The van der Waals surface area contributed by atoms with E-state index in [2.05, 4.69) is 41.3 Å². The van der Waals surface area contributed by atoms with Crippen LogP contribution in [0.15, 0.2) is 43.0 Å². The maximum atomic E-state index is 13.3. The third kappa shape index (κ3) is 4.98. The molecule has 1 saturated heterocycles. The molecule has 0 saturated carbocycles. The number of nitrogens with one attached hydrogen (secondary N) is 1. The van der Waals surface area contributed by atoms with Gasteiger partial charge in [0, 0.05) is 30.5 Å². The molecule has 3 rings (SSSR count). The Balaban J connectivity index is 1.72. The highest BCUT2D eigenvalue weighted by Crippen LogP contribution is 2.42. The van der Waals surface area contributed by atoms with Crippen molar-refractivity contribution in [3.05, 3.63) is 59.1 Å². The number of hydrogen-bond donors (Lipinski definition) is 1. The van der Waals surface area contributed by atoms with Crippen LogP contribution in [0.25, 0.3) is 0 Å². The van der Waals surface area contributed by atoms with Gasteiger partial charge >= 0.3 is 0 Å². The highest BCUT2D eigenvalue weighted by atomic mass is 35.5. The lowest BCUT2D eigenvalue weighted by molar-refractivity contribution is -0.137. The summed E-state index contributed by atoms with van der Waals surface area (Å²) in [7, 11) is 0. The fourth-order valence-electron chi connectivity index (χ4n) is 4.21. The van der Waals surface area contributed by atoms with Crippen molar-refractivity contribution in [2.24, 2.45) is 11.3 Å². The number of likely N-dealkylation sites (tertiary alicyclic amines) is 1. The van der Waals surface area contributed by atoms with Gasteiger partial charge in [0.05, 0.1) is 5.56 Å². The number of hydrogen-bond acceptors (Lipinski definition) is 4. The van der Waals surface area contributed by atoms with Crippen LogP contribution in [0, 0.1) is 11.3 Å². The molecule has 1 aliphatic rings. The highest BCUT2D eigenvalue weighted by molar-refractivity contribution is 6.30. The molecule has 1 aromatic carbocycles. The van der Waals surface area contributed by atoms with Crippen LogP contribution >= 0.6 is 11.6 Å². The quantitative estimate of drug-likeness (QED) is 0.782. The zero-order valence-corrected chi connectivity index (χ0v) is 18.7. The van der Waals surface area contributed by atoms with E-state index in [4.69, 9.17) is 11.6 Å². The molecule has 2 atom stereocenters. The molecule has 6 nitrogen and oxygen atoms in total. The summed E-state index contributed by atoms with van der Waals surface area (Å²) in [4.78, 5) is 35.6. The Hall–Kier alpha value is -2.47. The fourth-order valence-corrected chi connectivity index (χ4v) is 4.34. The molecule has 1 N–H and O–H groups in total. The molecule has 30 heavy (non-hydrogen) atoms. The van der Waals surface area contributed by atoms with Crippen LogP contribution in [0.4, 0.5) is 0 Å². The normalized spacial score (nSPS) is 19.4. The molecule has 1 aliphatic heterocycles. The molecule has 2 amide bonds. The minimum absolute atomic E-state index is 0.0387. The molecule has 1 aromatic heterocycles. The summed E-state index contributed by atoms with van der Waals surface area (Å²) in [6.07, 6.45) is 5.14. The third-order valence-corrected chi connectivity index (χ3v) is 6.11. The van der Waals surface area contributed by atoms with E-state index in [-0.39, 0.29) is 23.1 Å². The van der Waals surface area contributed by atoms with Gasteiger partial charge in [-0.25, -0.2) is 9.97 Å². The van der Waals surface area contributed by atoms with Crippen molar-refractivity contribution in [2.75, 3.05) is 13.1 Å². The second kappa shape index (κ2) is 9.13. The van der Waals surface area contributed by atoms with E-state index < -0.39 is 6.04 Å². The van der Waals surface area contributed by atoms with Gasteiger partial charge in [-0.15, -0.1) is 0 Å². The number of halogens is 1. The molecule has 0 unspecified atom stereocenters. The molecule has 0 spiro atoms. The second-order valence-electron chi connectivity index (χ2n) is 8.96. The Labute approximate surface area is 183 Å². The average molecular weight is 429 g/mol. The van der Waals surface area contributed by atoms with Gasteiger partial charge in [-0.05, 0) is 41.4 Å². The lowest BCUT2D eigenvalue weighted by atomic mass is 9.70. The zero-order valence-electron chi connectivity index (χ0n) is 17.9. The van der Waals surface area contributed by atoms with Gasteiger partial charge < -0.3 is 10.2 Å². The van der Waals surface area contributed by atoms with Crippen LogP contribution in [-0.2, 0) is 4.79 Å². The lowest BCUT2D eigenvalue weighted by Gasteiger charge is -2.45. The predicted molar refractivity (Wildman–Crippen MR) is 117 cm³/mol. The summed E-state index contributed by atoms with van der Waals surface area (Å²) >= 11 is 6.04. The Bertz CT molecular complexity index is 884. The van der Waals surface area contributed by atoms with Crippen molar-refractivity contribution in [1.29, 1.82) is 0 Å². The first-order chi connectivity index (χ1) is 14.2. The SMILES string of the molecule is CC(C)[C@@H](NC(=O)c1cncnc1)C(=O)N1CC[C@H](c2ccc(Cl)cc2)C(C)(C)C1. The van der Waals surface area contributed by atoms with E-state index >= 15 is 0 Å². The molecule has 1 fully saturated rings. The molecule has 2 aromatic rings. The lowest BCUT2D eigenvalue weighted by Crippen LogP contribution is -2.55. The Morgan fingerprint density at radius 3 is 2.37 bits per heavy atom. The molecule has 2 heterocycles. The van der Waals surface area contributed by atoms with Crippen LogP contribution in [0.3, 0.4) is 0 Å². The molecular weight excluding hydrogens is 400 g/mol. The fraction of sp³-hybridized carbons (Fsp3) is 0.478. The van der Waals surface area contributed by atoms with Crippen LogP contribution in [0.5, 0.6) is 0 Å². The number of rotatable bonds is 5. The van der Waals surface area contributed by atoms with Crippen molar-refractivity contribution in [3.63, 3.8) is 0 Å². The van der Waals surface area contributed by atoms with Gasteiger partial charge in [0.25, 0.3) is 5.91 Å². The van der Waals surface area contributed by atoms with Gasteiger partial charge in [-0.1, -0.05) is 51.4 Å². The van der Waals surface area contributed by atoms with E-state index in [0.29, 0.717) is 24.6 Å². The maximum absolute atomic E-state index is 13.3. The molecule has 160 valence electrons. The van der Waals surface area contributed by atoms with E-state index in [1.807, 2.05) is 30.9 Å². The number of piperidine rings is 1. The van der Waals surface area contributed by atoms with E-state index in [1.54, 1.807) is 0 Å². The van der Waals surface area contributed by atoms with Crippen LogP contribution in [-0.4, -0.2) is 45.8 Å². The van der Waals surface area contributed by atoms with Gasteiger partial charge in [0.15, 0.2) is 0 Å². The van der Waals surface area contributed by atoms with E-state index in [9.17, 15) is 9.59 Å². The Morgan fingerprint density at radius 2 is 1.80 bits per heavy atom. The van der Waals surface area contributed by atoms with Crippen molar-refractivity contribution in [2.45, 2.75) is 46.1 Å². The first-order valence-electron chi connectivity index (χ1n) is 10.3. The largest absolute Gasteiger partial charge is 0.340 e. The average Bonchev–Trinajstić information content (AvgIpc) is 2.72. The van der Waals surface area contributed by atoms with Gasteiger partial charge in [-0.2, -0.15) is 0 Å². The summed E-state index contributed by atoms with van der Waals surface area (Å²) in [5.41, 5.74) is 1.49. The molecular formula is C23H29ClN4O2. The van der Waals surface area contributed by atoms with Crippen molar-refractivity contribution in [1.82, 2.24) is 20.2 Å². The predicted octanol–water partition coefficient (Wildman–Crippen LogP) is 3.93. The van der Waals surface area contributed by atoms with Crippen molar-refractivity contribution >= 4 is 23.4 Å². The maximum Gasteiger partial charge on any atom is 0.255 e.